The number of benzene rings is 7. The fourth-order valence-corrected chi connectivity index (χ4v) is 9.10. The first kappa shape index (κ1) is 38.5. The van der Waals surface area contributed by atoms with Crippen LogP contribution in [-0.2, 0) is 43.7 Å². The molecule has 0 atom stereocenters. The molecular formula is C64H64N3OPt-. The number of aromatic nitrogens is 3. The SMILES string of the molecule is [2H]C([2H])([2H])C(c1ccc(-c2ccnc(-c3[c-]c(-c4cccc5c4nc(-c4cc(C(C)(C)C)cc(C(C)(C)C)c4O)n5-c4ccc(CC(C)C)cc4-c4ccccc4)cc(-c4ccccc4)c3)c2)cc1)(C([2H])([2H])[2H])C([2H])([2H])[2H].[Pt]. The van der Waals surface area contributed by atoms with Gasteiger partial charge in [-0.2, -0.15) is 0 Å². The number of rotatable bonds is 9. The number of para-hydroxylation sites is 1. The van der Waals surface area contributed by atoms with E-state index in [1.54, 1.807) is 24.4 Å². The number of aromatic hydroxyl groups is 1. The second-order valence-electron chi connectivity index (χ2n) is 20.5. The van der Waals surface area contributed by atoms with Crippen molar-refractivity contribution in [1.29, 1.82) is 0 Å². The third kappa shape index (κ3) is 10.2. The Balaban J connectivity index is 0.00000803. The van der Waals surface area contributed by atoms with Crippen LogP contribution in [0.2, 0.25) is 0 Å². The van der Waals surface area contributed by atoms with Crippen molar-refractivity contribution in [3.63, 3.8) is 0 Å². The molecule has 0 saturated carbocycles. The Morgan fingerprint density at radius 2 is 1.25 bits per heavy atom. The summed E-state index contributed by atoms with van der Waals surface area (Å²) in [4.78, 5) is 10.5. The quantitative estimate of drug-likeness (QED) is 0.147. The molecular weight excluding hydrogens is 1020 g/mol. The summed E-state index contributed by atoms with van der Waals surface area (Å²) in [6.45, 7) is 7.21. The minimum absolute atomic E-state index is 0. The van der Waals surface area contributed by atoms with Crippen molar-refractivity contribution in [3.05, 3.63) is 192 Å². The molecule has 0 aliphatic rings. The normalized spacial score (nSPS) is 14.6. The van der Waals surface area contributed by atoms with Gasteiger partial charge in [-0.05, 0) is 97.9 Å². The first-order chi connectivity index (χ1) is 36.1. The summed E-state index contributed by atoms with van der Waals surface area (Å²) in [5.41, 5.74) is 10.0. The largest absolute Gasteiger partial charge is 0.507 e. The summed E-state index contributed by atoms with van der Waals surface area (Å²) in [5.74, 6) is 1.20. The molecule has 0 bridgehead atoms. The van der Waals surface area contributed by atoms with Crippen molar-refractivity contribution >= 4 is 11.0 Å². The van der Waals surface area contributed by atoms with E-state index in [9.17, 15) is 5.11 Å². The van der Waals surface area contributed by atoms with Gasteiger partial charge in [0.05, 0.1) is 22.3 Å². The van der Waals surface area contributed by atoms with E-state index in [0.29, 0.717) is 45.2 Å². The van der Waals surface area contributed by atoms with Gasteiger partial charge in [0, 0.05) is 56.4 Å². The number of phenols is 1. The maximum absolute atomic E-state index is 12.6. The van der Waals surface area contributed by atoms with Crippen molar-refractivity contribution in [2.24, 2.45) is 5.92 Å². The van der Waals surface area contributed by atoms with Gasteiger partial charge in [0.15, 0.2) is 0 Å². The average Bonchev–Trinajstić information content (AvgIpc) is 3.30. The van der Waals surface area contributed by atoms with Gasteiger partial charge in [-0.25, -0.2) is 4.98 Å². The summed E-state index contributed by atoms with van der Waals surface area (Å²) in [6, 6.07) is 54.7. The van der Waals surface area contributed by atoms with Crippen LogP contribution in [-0.4, -0.2) is 19.6 Å². The molecule has 352 valence electrons. The topological polar surface area (TPSA) is 50.9 Å². The predicted molar refractivity (Wildman–Crippen MR) is 287 cm³/mol. The molecule has 2 aromatic heterocycles. The third-order valence-corrected chi connectivity index (χ3v) is 12.7. The van der Waals surface area contributed by atoms with Crippen LogP contribution >= 0.6 is 0 Å². The molecule has 0 saturated heterocycles. The van der Waals surface area contributed by atoms with Crippen molar-refractivity contribution in [3.8, 4) is 78.6 Å². The molecule has 0 radical (unpaired) electrons. The Morgan fingerprint density at radius 3 is 1.90 bits per heavy atom. The van der Waals surface area contributed by atoms with Crippen LogP contribution in [0.25, 0.3) is 83.9 Å². The van der Waals surface area contributed by atoms with Crippen molar-refractivity contribution in [2.75, 3.05) is 0 Å². The standard InChI is InChI=1S/C64H64N3O.Pt/c1-41(2)33-42-25-30-57(53(34-42)45-21-16-13-17-22-45)67-58-24-18-23-52(59(58)66-61(67)54-39-51(63(6,7)8)40-55(60(54)68)64(9,10)11)48-35-47(43-19-14-12-15-20-43)36-49(37-48)56-38-46(31-32-65-56)44-26-28-50(29-27-44)62(3,4)5;/h12-32,34-36,38-41,68H,33H2,1-11H3;/q-1;/i3D3,4D3,5D3;. The Morgan fingerprint density at radius 1 is 0.580 bits per heavy atom. The molecule has 0 spiro atoms. The molecule has 2 heterocycles. The molecule has 0 unspecified atom stereocenters. The van der Waals surface area contributed by atoms with E-state index in [-0.39, 0.29) is 37.8 Å². The molecule has 9 rings (SSSR count). The number of fused-ring (bicyclic) bond motifs is 1. The molecule has 7 aromatic carbocycles. The van der Waals surface area contributed by atoms with Gasteiger partial charge < -0.3 is 5.11 Å². The number of phenolic OH excluding ortho intramolecular Hbond substituents is 1. The fraction of sp³-hybridized carbons (Fsp3) is 0.250. The van der Waals surface area contributed by atoms with E-state index < -0.39 is 31.4 Å². The van der Waals surface area contributed by atoms with E-state index in [1.807, 2.05) is 60.7 Å². The number of nitrogens with zero attached hydrogens (tertiary/aromatic N) is 3. The molecule has 69 heavy (non-hydrogen) atoms. The molecule has 0 aliphatic carbocycles. The second-order valence-corrected chi connectivity index (χ2v) is 20.5. The van der Waals surface area contributed by atoms with E-state index in [2.05, 4.69) is 133 Å². The number of imidazole rings is 1. The molecule has 4 nitrogen and oxygen atoms in total. The van der Waals surface area contributed by atoms with E-state index in [0.717, 1.165) is 62.1 Å². The molecule has 1 N–H and O–H groups in total. The molecule has 9 aromatic rings. The van der Waals surface area contributed by atoms with Crippen LogP contribution in [0, 0.1) is 12.0 Å². The van der Waals surface area contributed by atoms with Gasteiger partial charge in [0.25, 0.3) is 0 Å². The molecule has 0 amide bonds. The summed E-state index contributed by atoms with van der Waals surface area (Å²) in [7, 11) is 0. The Kier molecular flexibility index (Phi) is 10.7. The zero-order chi connectivity index (χ0) is 55.6. The third-order valence-electron chi connectivity index (χ3n) is 12.7. The Bertz CT molecular complexity index is 3590. The molecule has 5 heteroatoms. The van der Waals surface area contributed by atoms with Crippen molar-refractivity contribution in [1.82, 2.24) is 14.5 Å². The van der Waals surface area contributed by atoms with Crippen LogP contribution in [0.3, 0.4) is 0 Å². The van der Waals surface area contributed by atoms with Gasteiger partial charge in [-0.1, -0.05) is 208 Å². The van der Waals surface area contributed by atoms with Crippen LogP contribution in [0.1, 0.15) is 111 Å². The van der Waals surface area contributed by atoms with Gasteiger partial charge in [-0.3, -0.25) is 9.55 Å². The predicted octanol–water partition coefficient (Wildman–Crippen LogP) is 17.0. The number of hydrogen-bond donors (Lipinski definition) is 1. The van der Waals surface area contributed by atoms with E-state index >= 15 is 0 Å². The van der Waals surface area contributed by atoms with Crippen molar-refractivity contribution in [2.45, 2.75) is 98.6 Å². The van der Waals surface area contributed by atoms with Crippen LogP contribution in [0.15, 0.2) is 164 Å². The summed E-state index contributed by atoms with van der Waals surface area (Å²) in [6.07, 6.45) is 2.56. The zero-order valence-electron chi connectivity index (χ0n) is 49.5. The first-order valence-electron chi connectivity index (χ1n) is 27.9. The van der Waals surface area contributed by atoms with Gasteiger partial charge in [0.2, 0.25) is 0 Å². The van der Waals surface area contributed by atoms with Gasteiger partial charge in [-0.15, -0.1) is 23.8 Å². The van der Waals surface area contributed by atoms with E-state index in [4.69, 9.17) is 22.3 Å². The minimum Gasteiger partial charge on any atom is -0.507 e. The van der Waals surface area contributed by atoms with Gasteiger partial charge >= 0.3 is 0 Å². The maximum atomic E-state index is 12.6. The van der Waals surface area contributed by atoms with Gasteiger partial charge in [0.1, 0.15) is 11.6 Å². The fourth-order valence-electron chi connectivity index (χ4n) is 9.10. The molecule has 0 fully saturated rings. The first-order valence-corrected chi connectivity index (χ1v) is 23.4. The number of pyridine rings is 1. The van der Waals surface area contributed by atoms with E-state index in [1.165, 1.54) is 17.7 Å². The van der Waals surface area contributed by atoms with Crippen LogP contribution in [0.5, 0.6) is 5.75 Å². The zero-order valence-corrected chi connectivity index (χ0v) is 42.8. The Hall–Kier alpha value is -6.35. The maximum Gasteiger partial charge on any atom is 0.148 e. The summed E-state index contributed by atoms with van der Waals surface area (Å²) in [5, 5.41) is 12.6. The smallest absolute Gasteiger partial charge is 0.148 e. The Labute approximate surface area is 437 Å². The molecule has 0 aliphatic heterocycles. The van der Waals surface area contributed by atoms with Crippen LogP contribution < -0.4 is 0 Å². The summed E-state index contributed by atoms with van der Waals surface area (Å²) < 4.78 is 76.3. The average molecular weight is 1100 g/mol. The summed E-state index contributed by atoms with van der Waals surface area (Å²) >= 11 is 0. The number of hydrogen-bond acceptors (Lipinski definition) is 3. The van der Waals surface area contributed by atoms with Crippen molar-refractivity contribution < 1.29 is 38.5 Å². The van der Waals surface area contributed by atoms with Crippen LogP contribution in [0.4, 0.5) is 0 Å². The second kappa shape index (κ2) is 19.2. The monoisotopic (exact) mass is 1090 g/mol. The minimum atomic E-state index is -3.38.